The standard InChI is InChI=1S/C55H47N3O9/c1-62-47-26-42-44(28-48(47)63-2)53(59)58(24-12-23-57-55(61)65-30-46-38-19-9-5-15-34(38)35-16-6-10-20-39(35)46)52-43-27-50-49(66-31-67-50)25-41(43)40(51(42)52)21-11-22-56-54(60)64-29-45-36-17-7-3-13-32(36)33-14-4-8-18-37(33)45/h3-10,13-21,25-28,45-46H,11-12,22-24,29-31H2,1-2H3,(H,56,60)(H,57,61)/b40-21+. The van der Waals surface area contributed by atoms with Gasteiger partial charge in [0.05, 0.1) is 25.3 Å². The third kappa shape index (κ3) is 7.29. The first-order valence-corrected chi connectivity index (χ1v) is 22.6. The summed E-state index contributed by atoms with van der Waals surface area (Å²) in [6.07, 6.45) is 1.92. The highest BCUT2D eigenvalue weighted by Gasteiger charge is 2.34. The molecule has 0 atom stereocenters. The highest BCUT2D eigenvalue weighted by molar-refractivity contribution is 6.11. The Balaban J connectivity index is 0.838. The van der Waals surface area contributed by atoms with Crippen molar-refractivity contribution in [3.63, 3.8) is 0 Å². The second-order valence-electron chi connectivity index (χ2n) is 16.9. The van der Waals surface area contributed by atoms with E-state index in [4.69, 9.17) is 28.4 Å². The molecule has 0 bridgehead atoms. The maximum atomic E-state index is 14.7. The van der Waals surface area contributed by atoms with E-state index >= 15 is 0 Å². The van der Waals surface area contributed by atoms with Crippen LogP contribution < -0.4 is 35.1 Å². The van der Waals surface area contributed by atoms with Crippen LogP contribution in [0.2, 0.25) is 0 Å². The van der Waals surface area contributed by atoms with E-state index in [1.807, 2.05) is 66.7 Å². The lowest BCUT2D eigenvalue weighted by Crippen LogP contribution is -2.29. The molecule has 0 unspecified atom stereocenters. The Morgan fingerprint density at radius 1 is 0.627 bits per heavy atom. The van der Waals surface area contributed by atoms with Crippen molar-refractivity contribution < 1.29 is 38.0 Å². The van der Waals surface area contributed by atoms with Crippen molar-refractivity contribution >= 4 is 28.5 Å². The summed E-state index contributed by atoms with van der Waals surface area (Å²) in [6.45, 7) is 1.33. The fourth-order valence-electron chi connectivity index (χ4n) is 10.4. The van der Waals surface area contributed by atoms with Gasteiger partial charge in [0, 0.05) is 48.0 Å². The normalized spacial score (nSPS) is 14.2. The van der Waals surface area contributed by atoms with Crippen LogP contribution in [0.25, 0.3) is 49.9 Å². The van der Waals surface area contributed by atoms with Crippen LogP contribution in [0.3, 0.4) is 0 Å². The number of methoxy groups -OCH3 is 2. The van der Waals surface area contributed by atoms with Crippen LogP contribution in [0.15, 0.2) is 132 Å². The molecule has 336 valence electrons. The molecule has 1 aliphatic heterocycles. The summed E-state index contributed by atoms with van der Waals surface area (Å²) in [5, 5.41) is 6.99. The zero-order valence-electron chi connectivity index (χ0n) is 37.1. The number of pyridine rings is 1. The van der Waals surface area contributed by atoms with Crippen LogP contribution in [0, 0.1) is 0 Å². The summed E-state index contributed by atoms with van der Waals surface area (Å²) in [5.74, 6) is 1.96. The number of amides is 2. The minimum Gasteiger partial charge on any atom is -0.493 e. The predicted octanol–water partition coefficient (Wildman–Crippen LogP) is 10.0. The summed E-state index contributed by atoms with van der Waals surface area (Å²) in [7, 11) is 3.10. The first kappa shape index (κ1) is 41.7. The van der Waals surface area contributed by atoms with Crippen LogP contribution >= 0.6 is 0 Å². The molecule has 12 nitrogen and oxygen atoms in total. The smallest absolute Gasteiger partial charge is 0.407 e. The van der Waals surface area contributed by atoms with E-state index in [0.29, 0.717) is 58.9 Å². The maximum absolute atomic E-state index is 14.7. The summed E-state index contributed by atoms with van der Waals surface area (Å²) in [5.41, 5.74) is 13.0. The van der Waals surface area contributed by atoms with Gasteiger partial charge in [-0.1, -0.05) is 103 Å². The molecule has 6 aromatic carbocycles. The molecule has 0 saturated carbocycles. The van der Waals surface area contributed by atoms with Gasteiger partial charge < -0.3 is 43.6 Å². The largest absolute Gasteiger partial charge is 0.493 e. The van der Waals surface area contributed by atoms with Crippen LogP contribution in [0.1, 0.15) is 58.1 Å². The van der Waals surface area contributed by atoms with Gasteiger partial charge in [0.2, 0.25) is 6.79 Å². The molecule has 0 spiro atoms. The molecular formula is C55H47N3O9. The molecule has 7 aromatic rings. The van der Waals surface area contributed by atoms with E-state index in [0.717, 1.165) is 66.8 Å². The lowest BCUT2D eigenvalue weighted by Gasteiger charge is -2.18. The molecule has 0 saturated heterocycles. The summed E-state index contributed by atoms with van der Waals surface area (Å²) < 4.78 is 36.6. The number of fused-ring (bicyclic) bond motifs is 12. The van der Waals surface area contributed by atoms with Gasteiger partial charge in [-0.25, -0.2) is 9.59 Å². The number of hydrogen-bond donors (Lipinski definition) is 2. The SMILES string of the molecule is COc1cc2c3c(n(CCCNC(=O)OCC4c5ccccc5-c5ccccc54)c(=O)c2cc1OC)-c1cc2c(cc1/C3=C\CCNC(=O)OCC1c3ccccc3-c3ccccc31)OCO2. The average Bonchev–Trinajstić information content (AvgIpc) is 4.12. The Morgan fingerprint density at radius 3 is 1.63 bits per heavy atom. The van der Waals surface area contributed by atoms with Gasteiger partial charge >= 0.3 is 12.2 Å². The fraction of sp³-hybridized carbons (Fsp3) is 0.218. The molecule has 11 rings (SSSR count). The predicted molar refractivity (Wildman–Crippen MR) is 255 cm³/mol. The molecule has 1 aromatic heterocycles. The van der Waals surface area contributed by atoms with Crippen LogP contribution in [0.4, 0.5) is 9.59 Å². The van der Waals surface area contributed by atoms with Crippen LogP contribution in [-0.2, 0) is 16.0 Å². The minimum atomic E-state index is -0.523. The third-order valence-electron chi connectivity index (χ3n) is 13.4. The zero-order valence-corrected chi connectivity index (χ0v) is 37.1. The quantitative estimate of drug-likeness (QED) is 0.108. The molecule has 0 fully saturated rings. The number of alkyl carbamates (subject to hydrolysis) is 2. The van der Waals surface area contributed by atoms with Gasteiger partial charge in [-0.15, -0.1) is 0 Å². The number of nitrogens with zero attached hydrogens (tertiary/aromatic N) is 1. The van der Waals surface area contributed by atoms with Crippen molar-refractivity contribution in [3.8, 4) is 56.5 Å². The fourth-order valence-corrected chi connectivity index (χ4v) is 10.4. The monoisotopic (exact) mass is 893 g/mol. The molecule has 2 amide bonds. The minimum absolute atomic E-state index is 0.0510. The number of carbonyl (C=O) groups excluding carboxylic acids is 2. The van der Waals surface area contributed by atoms with Gasteiger partial charge in [-0.05, 0) is 92.8 Å². The van der Waals surface area contributed by atoms with Crippen molar-refractivity contribution in [1.82, 2.24) is 15.2 Å². The molecule has 3 aliphatic carbocycles. The Bertz CT molecular complexity index is 3140. The van der Waals surface area contributed by atoms with Crippen molar-refractivity contribution in [3.05, 3.63) is 171 Å². The lowest BCUT2D eigenvalue weighted by atomic mass is 9.97. The first-order chi connectivity index (χ1) is 32.9. The highest BCUT2D eigenvalue weighted by atomic mass is 16.7. The Labute approximate surface area is 386 Å². The van der Waals surface area contributed by atoms with Gasteiger partial charge in [0.25, 0.3) is 5.56 Å². The maximum Gasteiger partial charge on any atom is 0.407 e. The Hall–Kier alpha value is -7.99. The van der Waals surface area contributed by atoms with E-state index in [1.54, 1.807) is 17.7 Å². The second kappa shape index (κ2) is 17.4. The van der Waals surface area contributed by atoms with Crippen molar-refractivity contribution in [1.29, 1.82) is 0 Å². The van der Waals surface area contributed by atoms with Crippen LogP contribution in [0.5, 0.6) is 23.0 Å². The second-order valence-corrected chi connectivity index (χ2v) is 16.9. The van der Waals surface area contributed by atoms with Gasteiger partial charge in [-0.3, -0.25) is 4.79 Å². The number of ether oxygens (including phenoxy) is 6. The van der Waals surface area contributed by atoms with Crippen LogP contribution in [-0.4, -0.2) is 64.1 Å². The van der Waals surface area contributed by atoms with Gasteiger partial charge in [0.15, 0.2) is 23.0 Å². The van der Waals surface area contributed by atoms with Gasteiger partial charge in [0.1, 0.15) is 13.2 Å². The van der Waals surface area contributed by atoms with Crippen molar-refractivity contribution in [2.24, 2.45) is 0 Å². The molecule has 2 N–H and O–H groups in total. The van der Waals surface area contributed by atoms with E-state index in [2.05, 4.69) is 65.2 Å². The number of nitrogens with one attached hydrogen (secondary N) is 2. The number of benzene rings is 6. The molecule has 4 aliphatic rings. The van der Waals surface area contributed by atoms with Crippen molar-refractivity contribution in [2.45, 2.75) is 31.2 Å². The molecule has 67 heavy (non-hydrogen) atoms. The van der Waals surface area contributed by atoms with E-state index < -0.39 is 12.2 Å². The highest BCUT2D eigenvalue weighted by Crippen LogP contribution is 2.52. The molecular weight excluding hydrogens is 847 g/mol. The number of aromatic nitrogens is 1. The average molecular weight is 894 g/mol. The number of rotatable bonds is 13. The number of carbonyl (C=O) groups is 2. The third-order valence-corrected chi connectivity index (χ3v) is 13.4. The number of hydrogen-bond acceptors (Lipinski definition) is 9. The van der Waals surface area contributed by atoms with Crippen molar-refractivity contribution in [2.75, 3.05) is 47.3 Å². The lowest BCUT2D eigenvalue weighted by molar-refractivity contribution is 0.142. The summed E-state index contributed by atoms with van der Waals surface area (Å²) in [6, 6.07) is 40.3. The Kier molecular flexibility index (Phi) is 10.8. The van der Waals surface area contributed by atoms with E-state index in [1.165, 1.54) is 7.11 Å². The van der Waals surface area contributed by atoms with E-state index in [-0.39, 0.29) is 50.5 Å². The summed E-state index contributed by atoms with van der Waals surface area (Å²) in [4.78, 5) is 41.1. The molecule has 12 heteroatoms. The molecule has 2 heterocycles. The summed E-state index contributed by atoms with van der Waals surface area (Å²) >= 11 is 0. The van der Waals surface area contributed by atoms with E-state index in [9.17, 15) is 14.4 Å². The Morgan fingerprint density at radius 2 is 1.10 bits per heavy atom. The zero-order chi connectivity index (χ0) is 45.6. The topological polar surface area (TPSA) is 136 Å². The van der Waals surface area contributed by atoms with Gasteiger partial charge in [-0.2, -0.15) is 0 Å². The molecule has 0 radical (unpaired) electrons. The first-order valence-electron chi connectivity index (χ1n) is 22.6.